The number of nitrogens with one attached hydrogen (secondary N) is 1. The third-order valence-corrected chi connectivity index (χ3v) is 4.93. The summed E-state index contributed by atoms with van der Waals surface area (Å²) in [4.78, 5) is 20.8. The van der Waals surface area contributed by atoms with Crippen molar-refractivity contribution in [3.63, 3.8) is 0 Å². The van der Waals surface area contributed by atoms with Crippen molar-refractivity contribution in [1.29, 1.82) is 0 Å². The monoisotopic (exact) mass is 420 g/mol. The molecule has 0 spiro atoms. The maximum atomic E-state index is 12.2. The van der Waals surface area contributed by atoms with Crippen LogP contribution in [0.2, 0.25) is 5.02 Å². The number of hydrogen-bond acceptors (Lipinski definition) is 4. The van der Waals surface area contributed by atoms with Gasteiger partial charge in [-0.15, -0.1) is 0 Å². The second kappa shape index (κ2) is 8.92. The minimum atomic E-state index is -0.0666. The Morgan fingerprint density at radius 1 is 1.10 bits per heavy atom. The molecule has 3 aromatic heterocycles. The molecule has 0 bridgehead atoms. The lowest BCUT2D eigenvalue weighted by Crippen LogP contribution is -2.29. The maximum absolute atomic E-state index is 12.2. The summed E-state index contributed by atoms with van der Waals surface area (Å²) in [7, 11) is 1.94. The molecule has 30 heavy (non-hydrogen) atoms. The molecule has 152 valence electrons. The molecule has 0 aliphatic carbocycles. The molecule has 0 saturated carbocycles. The molecule has 1 N–H and O–H groups in total. The molecule has 0 saturated heterocycles. The molecule has 1 amide bonds. The molecule has 8 heteroatoms. The number of imidazole rings is 1. The average Bonchev–Trinajstić information content (AvgIpc) is 3.35. The first kappa shape index (κ1) is 19.8. The predicted molar refractivity (Wildman–Crippen MR) is 116 cm³/mol. The van der Waals surface area contributed by atoms with E-state index in [4.69, 9.17) is 16.7 Å². The van der Waals surface area contributed by atoms with E-state index in [1.54, 1.807) is 12.4 Å². The van der Waals surface area contributed by atoms with Crippen LogP contribution < -0.4 is 5.32 Å². The van der Waals surface area contributed by atoms with Gasteiger partial charge in [-0.05, 0) is 29.8 Å². The van der Waals surface area contributed by atoms with E-state index >= 15 is 0 Å². The Labute approximate surface area is 179 Å². The van der Waals surface area contributed by atoms with Crippen molar-refractivity contribution < 1.29 is 4.79 Å². The third-order valence-electron chi connectivity index (χ3n) is 4.68. The molecule has 4 aromatic rings. The first-order valence-corrected chi connectivity index (χ1v) is 9.95. The van der Waals surface area contributed by atoms with Gasteiger partial charge in [-0.1, -0.05) is 29.8 Å². The number of nitrogens with zero attached hydrogens (tertiary/aromatic N) is 5. The minimum absolute atomic E-state index is 0.0666. The summed E-state index contributed by atoms with van der Waals surface area (Å²) in [6.07, 6.45) is 7.55. The normalized spacial score (nSPS) is 10.9. The van der Waals surface area contributed by atoms with E-state index in [2.05, 4.69) is 15.3 Å². The minimum Gasteiger partial charge on any atom is -0.354 e. The zero-order valence-electron chi connectivity index (χ0n) is 16.5. The van der Waals surface area contributed by atoms with Crippen LogP contribution in [0.1, 0.15) is 5.69 Å². The Hall–Kier alpha value is -3.45. The number of benzene rings is 1. The summed E-state index contributed by atoms with van der Waals surface area (Å²) in [5.74, 6) is 0.709. The van der Waals surface area contributed by atoms with E-state index in [0.717, 1.165) is 28.3 Å². The largest absolute Gasteiger partial charge is 0.354 e. The lowest BCUT2D eigenvalue weighted by atomic mass is 10.1. The lowest BCUT2D eigenvalue weighted by molar-refractivity contribution is -0.120. The van der Waals surface area contributed by atoms with Crippen LogP contribution in [-0.2, 0) is 24.8 Å². The Bertz CT molecular complexity index is 1130. The van der Waals surface area contributed by atoms with Crippen molar-refractivity contribution in [1.82, 2.24) is 29.6 Å². The van der Waals surface area contributed by atoms with Crippen molar-refractivity contribution in [3.05, 3.63) is 78.0 Å². The summed E-state index contributed by atoms with van der Waals surface area (Å²) in [6, 6.07) is 13.2. The first-order chi connectivity index (χ1) is 14.6. The van der Waals surface area contributed by atoms with Gasteiger partial charge in [-0.25, -0.2) is 4.98 Å². The van der Waals surface area contributed by atoms with E-state index in [1.807, 2.05) is 71.2 Å². The fourth-order valence-electron chi connectivity index (χ4n) is 3.18. The number of pyridine rings is 1. The number of hydrogen-bond donors (Lipinski definition) is 1. The summed E-state index contributed by atoms with van der Waals surface area (Å²) >= 11 is 6.04. The third kappa shape index (κ3) is 4.58. The van der Waals surface area contributed by atoms with Gasteiger partial charge in [0.1, 0.15) is 5.69 Å². The standard InChI is InChI=1S/C22H21ClN6O/c1-28-12-10-26-22(28)21-19(16-5-7-17(23)8-6-16)15-29(27-21)13-11-25-20(30)14-18-4-2-3-9-24-18/h2-10,12,15H,11,13-14H2,1H3,(H,25,30). The Morgan fingerprint density at radius 2 is 1.93 bits per heavy atom. The molecule has 0 fully saturated rings. The second-order valence-corrected chi connectivity index (χ2v) is 7.31. The van der Waals surface area contributed by atoms with Crippen LogP contribution in [-0.4, -0.2) is 36.8 Å². The number of rotatable bonds is 7. The van der Waals surface area contributed by atoms with Crippen LogP contribution in [0.3, 0.4) is 0 Å². The molecule has 0 aliphatic rings. The zero-order valence-corrected chi connectivity index (χ0v) is 17.3. The number of aryl methyl sites for hydroxylation is 1. The fraction of sp³-hybridized carbons (Fsp3) is 0.182. The van der Waals surface area contributed by atoms with Crippen LogP contribution in [0.5, 0.6) is 0 Å². The van der Waals surface area contributed by atoms with E-state index in [9.17, 15) is 4.79 Å². The highest BCUT2D eigenvalue weighted by Gasteiger charge is 2.16. The first-order valence-electron chi connectivity index (χ1n) is 9.58. The van der Waals surface area contributed by atoms with Gasteiger partial charge in [0.25, 0.3) is 0 Å². The highest BCUT2D eigenvalue weighted by molar-refractivity contribution is 6.30. The van der Waals surface area contributed by atoms with Crippen molar-refractivity contribution in [2.24, 2.45) is 7.05 Å². The zero-order chi connectivity index (χ0) is 20.9. The summed E-state index contributed by atoms with van der Waals surface area (Å²) < 4.78 is 3.76. The van der Waals surface area contributed by atoms with Gasteiger partial charge in [0, 0.05) is 54.7 Å². The van der Waals surface area contributed by atoms with Gasteiger partial charge < -0.3 is 9.88 Å². The molecular formula is C22H21ClN6O. The van der Waals surface area contributed by atoms with Crippen molar-refractivity contribution >= 4 is 17.5 Å². The molecule has 0 aliphatic heterocycles. The average molecular weight is 421 g/mol. The summed E-state index contributed by atoms with van der Waals surface area (Å²) in [6.45, 7) is 1.01. The highest BCUT2D eigenvalue weighted by atomic mass is 35.5. The SMILES string of the molecule is Cn1ccnc1-c1nn(CCNC(=O)Cc2ccccn2)cc1-c1ccc(Cl)cc1. The molecule has 1 aromatic carbocycles. The molecule has 0 unspecified atom stereocenters. The molecule has 4 rings (SSSR count). The predicted octanol–water partition coefficient (Wildman–Crippen LogP) is 3.36. The highest BCUT2D eigenvalue weighted by Crippen LogP contribution is 2.30. The van der Waals surface area contributed by atoms with E-state index in [1.165, 1.54) is 0 Å². The van der Waals surface area contributed by atoms with E-state index < -0.39 is 0 Å². The number of amides is 1. The number of halogens is 1. The summed E-state index contributed by atoms with van der Waals surface area (Å²) in [5, 5.41) is 8.33. The smallest absolute Gasteiger partial charge is 0.226 e. The quantitative estimate of drug-likeness (QED) is 0.497. The molecule has 3 heterocycles. The van der Waals surface area contributed by atoms with Gasteiger partial charge >= 0.3 is 0 Å². The number of aromatic nitrogens is 5. The topological polar surface area (TPSA) is 77.6 Å². The molecule has 0 atom stereocenters. The molecule has 0 radical (unpaired) electrons. The maximum Gasteiger partial charge on any atom is 0.226 e. The van der Waals surface area contributed by atoms with Gasteiger partial charge in [0.15, 0.2) is 5.82 Å². The fourth-order valence-corrected chi connectivity index (χ4v) is 3.30. The van der Waals surface area contributed by atoms with Crippen LogP contribution in [0.15, 0.2) is 67.3 Å². The molecular weight excluding hydrogens is 400 g/mol. The Kier molecular flexibility index (Phi) is 5.90. The number of carbonyl (C=O) groups excluding carboxylic acids is 1. The van der Waals surface area contributed by atoms with Gasteiger partial charge in [0.05, 0.1) is 13.0 Å². The Balaban J connectivity index is 1.49. The number of carbonyl (C=O) groups is 1. The van der Waals surface area contributed by atoms with E-state index in [0.29, 0.717) is 18.1 Å². The lowest BCUT2D eigenvalue weighted by Gasteiger charge is -2.05. The van der Waals surface area contributed by atoms with Gasteiger partial charge in [-0.2, -0.15) is 5.10 Å². The van der Waals surface area contributed by atoms with Crippen LogP contribution in [0.25, 0.3) is 22.6 Å². The summed E-state index contributed by atoms with van der Waals surface area (Å²) in [5.41, 5.74) is 3.49. The van der Waals surface area contributed by atoms with Gasteiger partial charge in [-0.3, -0.25) is 14.5 Å². The molecule has 7 nitrogen and oxygen atoms in total. The van der Waals surface area contributed by atoms with Crippen LogP contribution in [0, 0.1) is 0 Å². The van der Waals surface area contributed by atoms with Crippen LogP contribution >= 0.6 is 11.6 Å². The van der Waals surface area contributed by atoms with Crippen molar-refractivity contribution in [3.8, 4) is 22.6 Å². The van der Waals surface area contributed by atoms with Crippen molar-refractivity contribution in [2.75, 3.05) is 6.54 Å². The second-order valence-electron chi connectivity index (χ2n) is 6.87. The van der Waals surface area contributed by atoms with Crippen molar-refractivity contribution in [2.45, 2.75) is 13.0 Å². The van der Waals surface area contributed by atoms with Crippen LogP contribution in [0.4, 0.5) is 0 Å². The van der Waals surface area contributed by atoms with Gasteiger partial charge in [0.2, 0.25) is 5.91 Å². The Morgan fingerprint density at radius 3 is 2.63 bits per heavy atom. The van der Waals surface area contributed by atoms with E-state index in [-0.39, 0.29) is 12.3 Å².